The standard InChI is InChI=1S/C21H21ClNO5PS/c1-27-17-6-4-5-13(19(17)28-2)9-10-23-21(24)20(29(3,25)26)16-12-30-18-8-7-14(22)11-15(16)18/h4-12,20H,1-3H3,(H,23,24)(H,25,26)/b10-9+. The summed E-state index contributed by atoms with van der Waals surface area (Å²) in [5.74, 6) is 0.490. The Morgan fingerprint density at radius 1 is 1.27 bits per heavy atom. The van der Waals surface area contributed by atoms with Gasteiger partial charge in [0.2, 0.25) is 13.3 Å². The van der Waals surface area contributed by atoms with Crippen LogP contribution in [0.15, 0.2) is 48.0 Å². The fourth-order valence-corrected chi connectivity index (χ4v) is 5.67. The maximum Gasteiger partial charge on any atom is 0.241 e. The Morgan fingerprint density at radius 3 is 2.70 bits per heavy atom. The lowest BCUT2D eigenvalue weighted by Gasteiger charge is -2.18. The lowest BCUT2D eigenvalue weighted by Crippen LogP contribution is -2.25. The molecule has 0 spiro atoms. The van der Waals surface area contributed by atoms with Gasteiger partial charge in [-0.15, -0.1) is 11.3 Å². The zero-order valence-electron chi connectivity index (χ0n) is 16.6. The van der Waals surface area contributed by atoms with Crippen molar-refractivity contribution < 1.29 is 23.7 Å². The quantitative estimate of drug-likeness (QED) is 0.462. The number of methoxy groups -OCH3 is 2. The zero-order chi connectivity index (χ0) is 21.9. The van der Waals surface area contributed by atoms with Crippen LogP contribution in [0.1, 0.15) is 16.8 Å². The lowest BCUT2D eigenvalue weighted by molar-refractivity contribution is -0.120. The number of nitrogens with one attached hydrogen (secondary N) is 1. The molecule has 0 aliphatic heterocycles. The van der Waals surface area contributed by atoms with E-state index in [0.29, 0.717) is 33.0 Å². The highest BCUT2D eigenvalue weighted by atomic mass is 35.5. The van der Waals surface area contributed by atoms with Gasteiger partial charge in [-0.25, -0.2) is 0 Å². The molecule has 0 aliphatic carbocycles. The van der Waals surface area contributed by atoms with Gasteiger partial charge < -0.3 is 19.7 Å². The zero-order valence-corrected chi connectivity index (χ0v) is 19.1. The molecule has 2 aromatic carbocycles. The van der Waals surface area contributed by atoms with Crippen molar-refractivity contribution >= 4 is 52.4 Å². The Labute approximate surface area is 183 Å². The summed E-state index contributed by atoms with van der Waals surface area (Å²) in [5, 5.41) is 5.54. The van der Waals surface area contributed by atoms with E-state index in [2.05, 4.69) is 5.32 Å². The molecule has 0 saturated carbocycles. The van der Waals surface area contributed by atoms with Crippen LogP contribution in [0, 0.1) is 0 Å². The number of halogens is 1. The van der Waals surface area contributed by atoms with E-state index in [9.17, 15) is 14.3 Å². The molecule has 0 aliphatic rings. The molecule has 6 nitrogen and oxygen atoms in total. The number of hydrogen-bond acceptors (Lipinski definition) is 5. The van der Waals surface area contributed by atoms with Gasteiger partial charge >= 0.3 is 0 Å². The molecule has 9 heteroatoms. The predicted molar refractivity (Wildman–Crippen MR) is 122 cm³/mol. The molecule has 1 heterocycles. The minimum Gasteiger partial charge on any atom is -0.493 e. The third-order valence-electron chi connectivity index (χ3n) is 4.51. The average Bonchev–Trinajstić information content (AvgIpc) is 3.09. The average molecular weight is 466 g/mol. The molecule has 2 N–H and O–H groups in total. The number of ether oxygens (including phenoxy) is 2. The van der Waals surface area contributed by atoms with E-state index in [-0.39, 0.29) is 0 Å². The van der Waals surface area contributed by atoms with E-state index in [1.807, 2.05) is 6.07 Å². The highest BCUT2D eigenvalue weighted by Gasteiger charge is 2.36. The van der Waals surface area contributed by atoms with Crippen LogP contribution in [0.3, 0.4) is 0 Å². The van der Waals surface area contributed by atoms with Crippen molar-refractivity contribution in [1.82, 2.24) is 5.32 Å². The Kier molecular flexibility index (Phi) is 6.88. The van der Waals surface area contributed by atoms with E-state index >= 15 is 0 Å². The summed E-state index contributed by atoms with van der Waals surface area (Å²) in [5.41, 5.74) is -0.0533. The Morgan fingerprint density at radius 2 is 2.03 bits per heavy atom. The highest BCUT2D eigenvalue weighted by molar-refractivity contribution is 7.58. The molecule has 0 fully saturated rings. The van der Waals surface area contributed by atoms with Gasteiger partial charge in [-0.1, -0.05) is 23.7 Å². The van der Waals surface area contributed by atoms with Gasteiger partial charge in [-0.3, -0.25) is 9.36 Å². The van der Waals surface area contributed by atoms with Crippen LogP contribution >= 0.6 is 30.3 Å². The van der Waals surface area contributed by atoms with Crippen LogP contribution in [0.5, 0.6) is 11.5 Å². The number of thiophene rings is 1. The minimum absolute atomic E-state index is 0.482. The topological polar surface area (TPSA) is 84.9 Å². The van der Waals surface area contributed by atoms with E-state index in [1.54, 1.807) is 41.8 Å². The van der Waals surface area contributed by atoms with Gasteiger partial charge in [-0.2, -0.15) is 0 Å². The van der Waals surface area contributed by atoms with E-state index in [0.717, 1.165) is 4.70 Å². The van der Waals surface area contributed by atoms with E-state index in [1.165, 1.54) is 38.4 Å². The first-order chi connectivity index (χ1) is 14.3. The molecule has 1 aromatic heterocycles. The number of amides is 1. The molecule has 158 valence electrons. The van der Waals surface area contributed by atoms with E-state index < -0.39 is 18.9 Å². The number of hydrogen-bond donors (Lipinski definition) is 2. The van der Waals surface area contributed by atoms with E-state index in [4.69, 9.17) is 21.1 Å². The van der Waals surface area contributed by atoms with Gasteiger partial charge in [-0.05, 0) is 46.7 Å². The van der Waals surface area contributed by atoms with Crippen molar-refractivity contribution in [2.45, 2.75) is 5.66 Å². The fraction of sp³-hybridized carbons (Fsp3) is 0.190. The van der Waals surface area contributed by atoms with Crippen LogP contribution < -0.4 is 14.8 Å². The second-order valence-electron chi connectivity index (χ2n) is 6.60. The summed E-state index contributed by atoms with van der Waals surface area (Å²) in [4.78, 5) is 23.2. The molecule has 2 atom stereocenters. The summed E-state index contributed by atoms with van der Waals surface area (Å²) in [6.07, 6.45) is 3.06. The molecule has 30 heavy (non-hydrogen) atoms. The minimum atomic E-state index is -3.81. The summed E-state index contributed by atoms with van der Waals surface area (Å²) in [7, 11) is -0.747. The summed E-state index contributed by atoms with van der Waals surface area (Å²) >= 11 is 7.48. The molecule has 0 bridgehead atoms. The van der Waals surface area contributed by atoms with Gasteiger partial charge in [0.1, 0.15) is 5.66 Å². The Bertz CT molecular complexity index is 1150. The number of benzene rings is 2. The third-order valence-corrected chi connectivity index (χ3v) is 7.20. The van der Waals surface area contributed by atoms with Gasteiger partial charge in [0.15, 0.2) is 11.5 Å². The molecule has 3 rings (SSSR count). The first-order valence-corrected chi connectivity index (χ1v) is 12.3. The molecular weight excluding hydrogens is 445 g/mol. The molecule has 0 radical (unpaired) electrons. The van der Waals surface area contributed by atoms with Crippen LogP contribution in [0.25, 0.3) is 16.2 Å². The largest absolute Gasteiger partial charge is 0.493 e. The van der Waals surface area contributed by atoms with Crippen molar-refractivity contribution in [3.63, 3.8) is 0 Å². The van der Waals surface area contributed by atoms with Gasteiger partial charge in [0, 0.05) is 28.2 Å². The number of carbonyl (C=O) groups is 1. The van der Waals surface area contributed by atoms with Crippen molar-refractivity contribution in [2.24, 2.45) is 0 Å². The molecular formula is C21H21ClNO5PS. The first kappa shape index (κ1) is 22.4. The molecule has 1 amide bonds. The normalized spacial score (nSPS) is 14.4. The van der Waals surface area contributed by atoms with Crippen molar-refractivity contribution in [2.75, 3.05) is 20.9 Å². The number of para-hydroxylation sites is 1. The third kappa shape index (κ3) is 4.71. The van der Waals surface area contributed by atoms with Crippen molar-refractivity contribution in [3.8, 4) is 11.5 Å². The number of carbonyl (C=O) groups excluding carboxylic acids is 1. The van der Waals surface area contributed by atoms with Crippen LogP contribution in [0.2, 0.25) is 5.02 Å². The Balaban J connectivity index is 1.90. The summed E-state index contributed by atoms with van der Waals surface area (Å²) in [6.45, 7) is 1.18. The first-order valence-electron chi connectivity index (χ1n) is 8.90. The predicted octanol–water partition coefficient (Wildman–Crippen LogP) is 5.30. The maximum atomic E-state index is 12.9. The Hall–Kier alpha value is -2.31. The van der Waals surface area contributed by atoms with Crippen LogP contribution in [-0.4, -0.2) is 31.7 Å². The highest BCUT2D eigenvalue weighted by Crippen LogP contribution is 2.54. The second kappa shape index (κ2) is 9.23. The lowest BCUT2D eigenvalue weighted by atomic mass is 10.1. The smallest absolute Gasteiger partial charge is 0.241 e. The fourth-order valence-electron chi connectivity index (χ4n) is 3.19. The molecule has 2 unspecified atom stereocenters. The van der Waals surface area contributed by atoms with Gasteiger partial charge in [0.25, 0.3) is 0 Å². The number of rotatable bonds is 7. The maximum absolute atomic E-state index is 12.9. The number of fused-ring (bicyclic) bond motifs is 1. The monoisotopic (exact) mass is 465 g/mol. The molecule has 0 saturated heterocycles. The van der Waals surface area contributed by atoms with Crippen molar-refractivity contribution in [3.05, 3.63) is 64.1 Å². The SMILES string of the molecule is COc1cccc(/C=C/NC(=O)C(c2csc3ccc(Cl)cc23)P(C)(=O)O)c1OC. The second-order valence-corrected chi connectivity index (χ2v) is 10.4. The summed E-state index contributed by atoms with van der Waals surface area (Å²) in [6, 6.07) is 10.6. The van der Waals surface area contributed by atoms with Crippen LogP contribution in [0.4, 0.5) is 0 Å². The van der Waals surface area contributed by atoms with Crippen molar-refractivity contribution in [1.29, 1.82) is 0 Å². The van der Waals surface area contributed by atoms with Crippen LogP contribution in [-0.2, 0) is 9.36 Å². The summed E-state index contributed by atoms with van der Waals surface area (Å²) < 4.78 is 24.1. The molecule has 3 aromatic rings. The van der Waals surface area contributed by atoms with Gasteiger partial charge in [0.05, 0.1) is 14.2 Å².